The Morgan fingerprint density at radius 1 is 0.846 bits per heavy atom. The van der Waals surface area contributed by atoms with Crippen molar-refractivity contribution in [2.24, 2.45) is 27.9 Å². The summed E-state index contributed by atoms with van der Waals surface area (Å²) in [5, 5.41) is 7.86. The number of amides is 6. The van der Waals surface area contributed by atoms with Crippen molar-refractivity contribution in [1.29, 1.82) is 0 Å². The summed E-state index contributed by atoms with van der Waals surface area (Å²) in [6.45, 7) is 0.572. The fourth-order valence-corrected chi connectivity index (χ4v) is 6.99. The molecular weight excluding hydrogens is 687 g/mol. The van der Waals surface area contributed by atoms with Crippen LogP contribution in [0, 0.1) is 0 Å². The van der Waals surface area contributed by atoms with E-state index in [1.807, 2.05) is 0 Å². The van der Waals surface area contributed by atoms with E-state index in [1.165, 1.54) is 4.90 Å². The third-order valence-electron chi connectivity index (χ3n) is 8.84. The first-order valence-electron chi connectivity index (χ1n) is 17.4. The molecule has 6 amide bonds. The average Bonchev–Trinajstić information content (AvgIpc) is 3.75. The molecular formula is C36H47N9O6S. The second kappa shape index (κ2) is 19.4. The molecule has 11 N–H and O–H groups in total. The Bertz CT molecular complexity index is 1660. The Hall–Kier alpha value is -5.22. The van der Waals surface area contributed by atoms with Crippen LogP contribution in [0.1, 0.15) is 85.3 Å². The van der Waals surface area contributed by atoms with Gasteiger partial charge in [0.15, 0.2) is 5.96 Å². The van der Waals surface area contributed by atoms with Crippen molar-refractivity contribution in [2.45, 2.75) is 82.0 Å². The Labute approximate surface area is 306 Å². The van der Waals surface area contributed by atoms with Crippen LogP contribution in [0.3, 0.4) is 0 Å². The molecule has 0 aromatic heterocycles. The van der Waals surface area contributed by atoms with Crippen LogP contribution in [-0.4, -0.2) is 76.8 Å². The van der Waals surface area contributed by atoms with Crippen molar-refractivity contribution < 1.29 is 28.8 Å². The predicted molar refractivity (Wildman–Crippen MR) is 199 cm³/mol. The van der Waals surface area contributed by atoms with Gasteiger partial charge in [0.1, 0.15) is 18.1 Å². The smallest absolute Gasteiger partial charge is 0.293 e. The molecule has 0 unspecified atom stereocenters. The Balaban J connectivity index is 1.47. The summed E-state index contributed by atoms with van der Waals surface area (Å²) >= 11 is 0.905. The number of aliphatic imine (C=N–C) groups is 1. The number of rotatable bonds is 18. The van der Waals surface area contributed by atoms with E-state index in [-0.39, 0.29) is 48.1 Å². The fraction of sp³-hybridized carbons (Fsp3) is 0.417. The van der Waals surface area contributed by atoms with Gasteiger partial charge >= 0.3 is 0 Å². The molecule has 2 aromatic carbocycles. The maximum atomic E-state index is 13.7. The summed E-state index contributed by atoms with van der Waals surface area (Å²) in [4.78, 5) is 84.1. The van der Waals surface area contributed by atoms with E-state index < -0.39 is 41.8 Å². The van der Waals surface area contributed by atoms with E-state index in [4.69, 9.17) is 22.9 Å². The van der Waals surface area contributed by atoms with Crippen molar-refractivity contribution in [2.75, 3.05) is 13.1 Å². The van der Waals surface area contributed by atoms with Crippen LogP contribution in [0.2, 0.25) is 0 Å². The molecule has 3 atom stereocenters. The van der Waals surface area contributed by atoms with Crippen molar-refractivity contribution in [3.63, 3.8) is 0 Å². The average molecular weight is 734 g/mol. The van der Waals surface area contributed by atoms with Gasteiger partial charge in [0.25, 0.3) is 17.1 Å². The van der Waals surface area contributed by atoms with Crippen LogP contribution in [0.25, 0.3) is 6.08 Å². The number of hydrogen-bond donors (Lipinski definition) is 7. The lowest BCUT2D eigenvalue weighted by Crippen LogP contribution is -2.54. The highest BCUT2D eigenvalue weighted by molar-refractivity contribution is 8.18. The van der Waals surface area contributed by atoms with Gasteiger partial charge in [0.05, 0.1) is 4.91 Å². The zero-order valence-electron chi connectivity index (χ0n) is 28.9. The largest absolute Gasteiger partial charge is 0.370 e. The fourth-order valence-electron chi connectivity index (χ4n) is 6.09. The molecule has 278 valence electrons. The van der Waals surface area contributed by atoms with Gasteiger partial charge < -0.3 is 38.9 Å². The number of nitrogens with zero attached hydrogens (tertiary/aromatic N) is 2. The Kier molecular flexibility index (Phi) is 14.8. The van der Waals surface area contributed by atoms with E-state index in [9.17, 15) is 28.8 Å². The molecule has 1 saturated heterocycles. The summed E-state index contributed by atoms with van der Waals surface area (Å²) < 4.78 is 0. The summed E-state index contributed by atoms with van der Waals surface area (Å²) in [5.41, 5.74) is 23.5. The number of carbonyl (C=O) groups is 6. The van der Waals surface area contributed by atoms with Crippen molar-refractivity contribution in [3.05, 3.63) is 76.2 Å². The van der Waals surface area contributed by atoms with Crippen LogP contribution < -0.4 is 38.9 Å². The number of hydrogen-bond acceptors (Lipinski definition) is 9. The van der Waals surface area contributed by atoms with Crippen LogP contribution in [0.5, 0.6) is 0 Å². The SMILES string of the molecule is NCCCC[C@H](NC(=O)[C@H](CCCN=C(N)N)NC(=O)c1ccc(/C=C2\SC(=O)N(C3CCCC3)C2=O)cc1)C(=O)N[C@H](C(N)=O)c1ccccc1. The molecule has 15 nitrogen and oxygen atoms in total. The van der Waals surface area contributed by atoms with E-state index >= 15 is 0 Å². The van der Waals surface area contributed by atoms with Crippen molar-refractivity contribution >= 4 is 58.6 Å². The van der Waals surface area contributed by atoms with Crippen molar-refractivity contribution in [3.8, 4) is 0 Å². The lowest BCUT2D eigenvalue weighted by atomic mass is 10.0. The van der Waals surface area contributed by atoms with Gasteiger partial charge in [0.2, 0.25) is 17.7 Å². The molecule has 2 aliphatic rings. The van der Waals surface area contributed by atoms with E-state index in [1.54, 1.807) is 60.7 Å². The molecule has 1 heterocycles. The van der Waals surface area contributed by atoms with E-state index in [0.29, 0.717) is 41.8 Å². The minimum atomic E-state index is -1.13. The molecule has 1 aliphatic carbocycles. The molecule has 2 aromatic rings. The molecule has 0 radical (unpaired) electrons. The Morgan fingerprint density at radius 3 is 2.12 bits per heavy atom. The quantitative estimate of drug-likeness (QED) is 0.0506. The van der Waals surface area contributed by atoms with Crippen molar-refractivity contribution in [1.82, 2.24) is 20.9 Å². The van der Waals surface area contributed by atoms with Gasteiger partial charge in [-0.3, -0.25) is 38.7 Å². The van der Waals surface area contributed by atoms with E-state index in [0.717, 1.165) is 37.4 Å². The highest BCUT2D eigenvalue weighted by atomic mass is 32.2. The first-order valence-corrected chi connectivity index (χ1v) is 18.2. The zero-order valence-corrected chi connectivity index (χ0v) is 29.7. The molecule has 2 fully saturated rings. The van der Waals surface area contributed by atoms with Gasteiger partial charge in [0, 0.05) is 18.2 Å². The topological polar surface area (TPSA) is 258 Å². The molecule has 52 heavy (non-hydrogen) atoms. The third-order valence-corrected chi connectivity index (χ3v) is 9.72. The van der Waals surface area contributed by atoms with Crippen LogP contribution in [-0.2, 0) is 19.2 Å². The van der Waals surface area contributed by atoms with Crippen LogP contribution in [0.4, 0.5) is 4.79 Å². The summed E-state index contributed by atoms with van der Waals surface area (Å²) in [5.74, 6) is -3.01. The number of primary amides is 1. The van der Waals surface area contributed by atoms with Crippen LogP contribution in [0.15, 0.2) is 64.5 Å². The highest BCUT2D eigenvalue weighted by Crippen LogP contribution is 2.37. The van der Waals surface area contributed by atoms with Gasteiger partial charge in [-0.15, -0.1) is 0 Å². The first kappa shape index (κ1) is 39.6. The molecule has 0 spiro atoms. The van der Waals surface area contributed by atoms with Gasteiger partial charge in [-0.05, 0) is 92.6 Å². The van der Waals surface area contributed by atoms with Gasteiger partial charge in [-0.1, -0.05) is 55.3 Å². The van der Waals surface area contributed by atoms with E-state index in [2.05, 4.69) is 20.9 Å². The minimum absolute atomic E-state index is 0.0639. The summed E-state index contributed by atoms with van der Waals surface area (Å²) in [6.07, 6.45) is 7.00. The monoisotopic (exact) mass is 733 g/mol. The maximum Gasteiger partial charge on any atom is 0.293 e. The van der Waals surface area contributed by atoms with Crippen LogP contribution >= 0.6 is 11.8 Å². The molecule has 1 aliphatic heterocycles. The maximum absolute atomic E-state index is 13.7. The normalized spacial score (nSPS) is 17.0. The number of thioether (sulfide) groups is 1. The third kappa shape index (κ3) is 11.1. The standard InChI is InChI=1S/C36H47N9O6S/c37-19-7-6-13-26(33(49)44-29(30(38)46)23-9-2-1-3-10-23)43-32(48)27(14-8-20-41-35(39)40)42-31(47)24-17-15-22(16-18-24)21-28-34(50)45(36(51)52-28)25-11-4-5-12-25/h1-3,9-10,15-18,21,25-27,29H,4-8,11-14,19-20,37H2,(H2,38,46)(H,42,47)(H,43,48)(H,44,49)(H4,39,40,41)/b28-21-/t26-,27-,29-/m0/s1. The number of nitrogens with one attached hydrogen (secondary N) is 3. The first-order chi connectivity index (χ1) is 25.0. The summed E-state index contributed by atoms with van der Waals surface area (Å²) in [7, 11) is 0. The Morgan fingerprint density at radius 2 is 1.48 bits per heavy atom. The molecule has 0 bridgehead atoms. The number of imide groups is 1. The molecule has 16 heteroatoms. The van der Waals surface area contributed by atoms with Gasteiger partial charge in [-0.25, -0.2) is 0 Å². The second-order valence-corrected chi connectivity index (χ2v) is 13.7. The summed E-state index contributed by atoms with van der Waals surface area (Å²) in [6, 6.07) is 11.5. The highest BCUT2D eigenvalue weighted by Gasteiger charge is 2.40. The number of unbranched alkanes of at least 4 members (excludes halogenated alkanes) is 1. The second-order valence-electron chi connectivity index (χ2n) is 12.7. The molecule has 4 rings (SSSR count). The lowest BCUT2D eigenvalue weighted by Gasteiger charge is -2.25. The predicted octanol–water partition coefficient (Wildman–Crippen LogP) is 1.77. The van der Waals surface area contributed by atoms with Gasteiger partial charge in [-0.2, -0.15) is 0 Å². The minimum Gasteiger partial charge on any atom is -0.370 e. The number of benzene rings is 2. The number of guanidine groups is 1. The molecule has 1 saturated carbocycles. The number of nitrogens with two attached hydrogens (primary N) is 4. The lowest BCUT2D eigenvalue weighted by molar-refractivity contribution is -0.132. The number of carbonyl (C=O) groups excluding carboxylic acids is 6. The zero-order chi connectivity index (χ0) is 37.6.